The second-order valence-electron chi connectivity index (χ2n) is 19.5. The second kappa shape index (κ2) is 17.8. The molecule has 0 atom stereocenters. The number of hydrogen-bond acceptors (Lipinski definition) is 5. The molecular formula is C57H58GeIrN4O2-2. The van der Waals surface area contributed by atoms with Gasteiger partial charge in [0.1, 0.15) is 16.7 Å². The third-order valence-corrected chi connectivity index (χ3v) is 15.9. The third-order valence-electron chi connectivity index (χ3n) is 11.7. The fraction of sp³-hybridized carbons (Fsp3) is 0.281. The van der Waals surface area contributed by atoms with Crippen molar-refractivity contribution in [1.29, 1.82) is 0 Å². The van der Waals surface area contributed by atoms with Gasteiger partial charge in [0.2, 0.25) is 0 Å². The zero-order valence-electron chi connectivity index (χ0n) is 44.0. The Morgan fingerprint density at radius 3 is 2.28 bits per heavy atom. The minimum Gasteiger partial charge on any atom is 0 e. The van der Waals surface area contributed by atoms with Crippen molar-refractivity contribution in [1.82, 2.24) is 19.5 Å². The normalized spacial score (nSPS) is 13.8. The van der Waals surface area contributed by atoms with Crippen LogP contribution in [0.15, 0.2) is 118 Å². The van der Waals surface area contributed by atoms with Crippen LogP contribution in [0.3, 0.4) is 0 Å². The summed E-state index contributed by atoms with van der Waals surface area (Å²) in [5.41, 5.74) is 11.8. The molecule has 8 heteroatoms. The predicted molar refractivity (Wildman–Crippen MR) is 270 cm³/mol. The van der Waals surface area contributed by atoms with Crippen molar-refractivity contribution in [3.63, 3.8) is 0 Å². The van der Waals surface area contributed by atoms with Gasteiger partial charge in [0.25, 0.3) is 0 Å². The molecule has 10 rings (SSSR count). The van der Waals surface area contributed by atoms with Crippen molar-refractivity contribution in [3.8, 4) is 28.3 Å². The molecule has 10 aromatic rings. The molecule has 333 valence electrons. The molecule has 5 heterocycles. The van der Waals surface area contributed by atoms with Crippen LogP contribution in [-0.2, 0) is 26.5 Å². The van der Waals surface area contributed by atoms with Gasteiger partial charge in [0.15, 0.2) is 0 Å². The van der Waals surface area contributed by atoms with E-state index >= 15 is 0 Å². The van der Waals surface area contributed by atoms with Crippen LogP contribution in [0.25, 0.3) is 83.2 Å². The Labute approximate surface area is 406 Å². The summed E-state index contributed by atoms with van der Waals surface area (Å²) in [6.45, 7) is 14.5. The first-order valence-corrected chi connectivity index (χ1v) is 29.5. The van der Waals surface area contributed by atoms with Gasteiger partial charge >= 0.3 is 135 Å². The first kappa shape index (κ1) is 40.0. The number of fused-ring (bicyclic) bond motifs is 7. The average molecular weight is 1100 g/mol. The van der Waals surface area contributed by atoms with Gasteiger partial charge in [0.05, 0.1) is 28.6 Å². The Kier molecular flexibility index (Phi) is 11.0. The minimum absolute atomic E-state index is 0. The third kappa shape index (κ3) is 8.88. The van der Waals surface area contributed by atoms with Crippen molar-refractivity contribution in [2.75, 3.05) is 0 Å². The van der Waals surface area contributed by atoms with Crippen LogP contribution in [0, 0.1) is 31.3 Å². The van der Waals surface area contributed by atoms with Crippen molar-refractivity contribution < 1.29 is 35.8 Å². The Hall–Kier alpha value is -5.34. The van der Waals surface area contributed by atoms with Crippen LogP contribution < -0.4 is 4.40 Å². The van der Waals surface area contributed by atoms with Gasteiger partial charge in [-0.3, -0.25) is 9.97 Å². The fourth-order valence-corrected chi connectivity index (χ4v) is 11.7. The van der Waals surface area contributed by atoms with E-state index in [0.717, 1.165) is 87.5 Å². The van der Waals surface area contributed by atoms with E-state index in [1.54, 1.807) is 12.1 Å². The van der Waals surface area contributed by atoms with Crippen LogP contribution in [0.4, 0.5) is 0 Å². The van der Waals surface area contributed by atoms with Crippen molar-refractivity contribution >= 4 is 72.6 Å². The van der Waals surface area contributed by atoms with E-state index in [0.29, 0.717) is 17.0 Å². The number of benzene rings is 5. The molecule has 1 radical (unpaired) electrons. The Morgan fingerprint density at radius 1 is 0.785 bits per heavy atom. The van der Waals surface area contributed by atoms with Gasteiger partial charge < -0.3 is 13.4 Å². The van der Waals surface area contributed by atoms with E-state index in [9.17, 15) is 0 Å². The molecule has 0 aliphatic heterocycles. The van der Waals surface area contributed by atoms with Crippen molar-refractivity contribution in [2.45, 2.75) is 97.7 Å². The SMILES string of the molecule is [2H]C([2H])([2H])c1ccc2c(c1)oc1cc[c-]c(-c3nc4cc(C)ncc4n3-c3c(C(C)C)cc4c(oc5ccccc54)c3C(C)C)c12.[2H]C([2H])(c1cc(-c2[c-]cccc2)nc[c]1[Ge]([CH3])([CH3])[CH3])C(C)(C)C.[Ir]. The van der Waals surface area contributed by atoms with E-state index in [-0.39, 0.29) is 37.5 Å². The Morgan fingerprint density at radius 2 is 1.57 bits per heavy atom. The number of para-hydroxylation sites is 1. The molecule has 65 heavy (non-hydrogen) atoms. The summed E-state index contributed by atoms with van der Waals surface area (Å²) in [6.07, 6.45) is 2.40. The number of rotatable bonds is 7. The molecule has 0 amide bonds. The molecule has 0 aliphatic carbocycles. The second-order valence-corrected chi connectivity index (χ2v) is 30.1. The molecule has 6 nitrogen and oxygen atoms in total. The Bertz CT molecular complexity index is 3580. The molecule has 0 fully saturated rings. The number of nitrogens with zero attached hydrogens (tertiary/aromatic N) is 4. The maximum Gasteiger partial charge on any atom is 0 e. The fourth-order valence-electron chi connectivity index (χ4n) is 8.79. The molecule has 0 N–H and O–H groups in total. The van der Waals surface area contributed by atoms with Crippen molar-refractivity contribution in [3.05, 3.63) is 150 Å². The van der Waals surface area contributed by atoms with E-state index in [1.807, 2.05) is 107 Å². The monoisotopic (exact) mass is 1100 g/mol. The summed E-state index contributed by atoms with van der Waals surface area (Å²) >= 11 is -2.24. The smallest absolute Gasteiger partial charge is 0 e. The van der Waals surface area contributed by atoms with Crippen LogP contribution in [-0.4, -0.2) is 32.8 Å². The van der Waals surface area contributed by atoms with Crippen LogP contribution in [0.5, 0.6) is 0 Å². The molecular weight excluding hydrogens is 1040 g/mol. The summed E-state index contributed by atoms with van der Waals surface area (Å²) in [5, 5.41) is 3.84. The molecule has 0 spiro atoms. The number of imidazole rings is 1. The quantitative estimate of drug-likeness (QED) is 0.117. The first-order valence-electron chi connectivity index (χ1n) is 24.6. The van der Waals surface area contributed by atoms with Gasteiger partial charge in [-0.05, 0) is 66.4 Å². The molecule has 5 aromatic heterocycles. The van der Waals surface area contributed by atoms with Gasteiger partial charge in [-0.25, -0.2) is 0 Å². The largest absolute Gasteiger partial charge is 0 e. The zero-order valence-corrected chi connectivity index (χ0v) is 43.5. The standard InChI is InChI=1S/C38H32N3O2.C19H26GeN.Ir/c1-20(2)27-18-28-24-10-7-8-12-31(24)43-37(28)34(21(3)4)36(27)41-30-19-39-23(6)17-29(30)40-38(41)26-11-9-13-32-35(26)25-15-14-22(5)16-33(25)42-32;1-19(2,3)13-16-12-18(15-10-8-7-9-11-15)21-14-17(16)20(4,5)6;/h7-10,12-21H,1-6H3;7-10,12,14H,13H2,1-6H3;/q2*-1;/i5D3;13D2;. The molecule has 0 unspecified atom stereocenters. The number of hydrogen-bond donors (Lipinski definition) is 0. The van der Waals surface area contributed by atoms with E-state index in [4.69, 9.17) is 25.7 Å². The van der Waals surface area contributed by atoms with Gasteiger partial charge in [-0.2, -0.15) is 0 Å². The maximum absolute atomic E-state index is 8.76. The Balaban J connectivity index is 0.000000233. The number of furan rings is 2. The van der Waals surface area contributed by atoms with Crippen LogP contribution in [0.2, 0.25) is 17.3 Å². The first-order chi connectivity index (χ1) is 32.5. The summed E-state index contributed by atoms with van der Waals surface area (Å²) in [6, 6.07) is 37.7. The van der Waals surface area contributed by atoms with Gasteiger partial charge in [-0.1, -0.05) is 75.0 Å². The average Bonchev–Trinajstić information content (AvgIpc) is 3.98. The summed E-state index contributed by atoms with van der Waals surface area (Å²) < 4.78 is 57.5. The zero-order chi connectivity index (χ0) is 49.5. The van der Waals surface area contributed by atoms with E-state index < -0.39 is 31.9 Å². The maximum atomic E-state index is 8.76. The van der Waals surface area contributed by atoms with Crippen LogP contribution in [0.1, 0.15) is 95.1 Å². The van der Waals surface area contributed by atoms with Gasteiger partial charge in [-0.15, -0.1) is 12.1 Å². The molecule has 0 bridgehead atoms. The summed E-state index contributed by atoms with van der Waals surface area (Å²) in [4.78, 5) is 14.6. The predicted octanol–water partition coefficient (Wildman–Crippen LogP) is 15.2. The summed E-state index contributed by atoms with van der Waals surface area (Å²) in [7, 11) is 0. The van der Waals surface area contributed by atoms with E-state index in [1.165, 1.54) is 5.56 Å². The molecule has 0 saturated heterocycles. The number of aryl methyl sites for hydroxylation is 2. The minimum atomic E-state index is -2.24. The number of aromatic nitrogens is 4. The summed E-state index contributed by atoms with van der Waals surface area (Å²) in [5.74, 6) is 7.86. The van der Waals surface area contributed by atoms with Crippen LogP contribution >= 0.6 is 0 Å². The number of pyridine rings is 2. The van der Waals surface area contributed by atoms with Gasteiger partial charge in [0, 0.05) is 51.9 Å². The van der Waals surface area contributed by atoms with E-state index in [2.05, 4.69) is 84.8 Å². The van der Waals surface area contributed by atoms with Crippen molar-refractivity contribution in [2.24, 2.45) is 5.41 Å². The molecule has 0 saturated carbocycles. The molecule has 0 aliphatic rings. The topological polar surface area (TPSA) is 69.9 Å². The molecule has 5 aromatic carbocycles.